The van der Waals surface area contributed by atoms with Gasteiger partial charge in [-0.25, -0.2) is 0 Å². The Labute approximate surface area is 246 Å². The van der Waals surface area contributed by atoms with Crippen molar-refractivity contribution >= 4 is 60.9 Å². The topological polar surface area (TPSA) is 77.1 Å². The molecule has 0 aliphatic heterocycles. The van der Waals surface area contributed by atoms with Crippen LogP contribution in [-0.2, 0) is 0 Å². The number of nitriles is 2. The summed E-state index contributed by atoms with van der Waals surface area (Å²) >= 11 is 0. The minimum atomic E-state index is 0.452. The minimum Gasteiger partial charge on any atom is -0.454 e. The van der Waals surface area contributed by atoms with Gasteiger partial charge < -0.3 is 13.7 Å². The van der Waals surface area contributed by atoms with Gasteiger partial charge in [-0.15, -0.1) is 0 Å². The van der Waals surface area contributed by atoms with Crippen molar-refractivity contribution in [3.63, 3.8) is 0 Å². The van der Waals surface area contributed by atoms with E-state index in [1.807, 2.05) is 60.7 Å². The minimum absolute atomic E-state index is 0.452. The molecule has 0 radical (unpaired) electrons. The summed E-state index contributed by atoms with van der Waals surface area (Å²) in [6, 6.07) is 46.2. The molecule has 6 aromatic carbocycles. The lowest BCUT2D eigenvalue weighted by Gasteiger charge is -2.25. The van der Waals surface area contributed by atoms with E-state index in [0.29, 0.717) is 11.1 Å². The first kappa shape index (κ1) is 24.5. The fourth-order valence-corrected chi connectivity index (χ4v) is 5.95. The van der Waals surface area contributed by atoms with Crippen LogP contribution in [0.4, 0.5) is 17.1 Å². The van der Waals surface area contributed by atoms with Crippen LogP contribution in [0.25, 0.3) is 55.0 Å². The molecule has 0 saturated carbocycles. The van der Waals surface area contributed by atoms with Gasteiger partial charge in [0.05, 0.1) is 34.6 Å². The molecule has 0 aliphatic carbocycles. The Morgan fingerprint density at radius 2 is 0.953 bits per heavy atom. The molecule has 0 unspecified atom stereocenters. The molecule has 5 nitrogen and oxygen atoms in total. The van der Waals surface area contributed by atoms with E-state index in [4.69, 9.17) is 8.83 Å². The van der Waals surface area contributed by atoms with Gasteiger partial charge in [-0.05, 0) is 65.7 Å². The second kappa shape index (κ2) is 9.66. The number of benzene rings is 6. The normalized spacial score (nSPS) is 11.2. The lowest BCUT2D eigenvalue weighted by Crippen LogP contribution is -2.10. The van der Waals surface area contributed by atoms with Gasteiger partial charge in [0, 0.05) is 27.2 Å². The zero-order valence-electron chi connectivity index (χ0n) is 22.8. The Balaban J connectivity index is 1.37. The van der Waals surface area contributed by atoms with E-state index in [1.54, 1.807) is 18.2 Å². The summed E-state index contributed by atoms with van der Waals surface area (Å²) in [7, 11) is 0. The molecule has 0 aliphatic rings. The van der Waals surface area contributed by atoms with Crippen LogP contribution in [0, 0.1) is 22.7 Å². The Morgan fingerprint density at radius 3 is 1.47 bits per heavy atom. The van der Waals surface area contributed by atoms with Crippen LogP contribution in [0.5, 0.6) is 0 Å². The highest BCUT2D eigenvalue weighted by Crippen LogP contribution is 2.46. The molecule has 0 spiro atoms. The summed E-state index contributed by atoms with van der Waals surface area (Å²) in [6.07, 6.45) is 0. The van der Waals surface area contributed by atoms with E-state index in [1.165, 1.54) is 0 Å². The van der Waals surface area contributed by atoms with E-state index in [2.05, 4.69) is 65.6 Å². The highest BCUT2D eigenvalue weighted by molar-refractivity contribution is 6.13. The van der Waals surface area contributed by atoms with Crippen molar-refractivity contribution < 1.29 is 8.83 Å². The molecular formula is C38H21N3O2. The van der Waals surface area contributed by atoms with Gasteiger partial charge in [0.2, 0.25) is 0 Å². The van der Waals surface area contributed by atoms with Crippen LogP contribution in [0.1, 0.15) is 11.1 Å². The van der Waals surface area contributed by atoms with Gasteiger partial charge in [0.25, 0.3) is 0 Å². The Bertz CT molecular complexity index is 2290. The van der Waals surface area contributed by atoms with Gasteiger partial charge >= 0.3 is 0 Å². The lowest BCUT2D eigenvalue weighted by molar-refractivity contribution is 0.666. The molecule has 0 amide bonds. The fourth-order valence-electron chi connectivity index (χ4n) is 5.95. The molecule has 200 valence electrons. The third-order valence-electron chi connectivity index (χ3n) is 7.90. The molecule has 8 rings (SSSR count). The van der Waals surface area contributed by atoms with Crippen LogP contribution in [0.2, 0.25) is 0 Å². The molecule has 43 heavy (non-hydrogen) atoms. The molecule has 5 heteroatoms. The Hall–Kier alpha value is -6.30. The Morgan fingerprint density at radius 1 is 0.465 bits per heavy atom. The van der Waals surface area contributed by atoms with Crippen molar-refractivity contribution in [2.75, 3.05) is 4.90 Å². The van der Waals surface area contributed by atoms with E-state index < -0.39 is 0 Å². The molecular weight excluding hydrogens is 530 g/mol. The SMILES string of the molecule is N#Cc1cc(C#N)cc(-c2ccc(N(c3cccc4c3oc3ccccc34)c3cccc4c3oc3ccccc34)cc2)c1. The average molecular weight is 552 g/mol. The van der Waals surface area contributed by atoms with Crippen LogP contribution >= 0.6 is 0 Å². The zero-order chi connectivity index (χ0) is 28.9. The third-order valence-corrected chi connectivity index (χ3v) is 7.90. The molecule has 0 bridgehead atoms. The molecule has 0 fully saturated rings. The van der Waals surface area contributed by atoms with E-state index in [-0.39, 0.29) is 0 Å². The lowest BCUT2D eigenvalue weighted by atomic mass is 10.00. The number of furan rings is 2. The molecule has 8 aromatic rings. The van der Waals surface area contributed by atoms with Gasteiger partial charge in [0.15, 0.2) is 11.2 Å². The third kappa shape index (κ3) is 3.92. The number of nitrogens with zero attached hydrogens (tertiary/aromatic N) is 3. The predicted molar refractivity (Wildman–Crippen MR) is 171 cm³/mol. The van der Waals surface area contributed by atoms with Crippen molar-refractivity contribution in [3.05, 3.63) is 139 Å². The second-order valence-corrected chi connectivity index (χ2v) is 10.4. The van der Waals surface area contributed by atoms with Crippen molar-refractivity contribution in [3.8, 4) is 23.3 Å². The first-order chi connectivity index (χ1) is 21.2. The van der Waals surface area contributed by atoms with Crippen molar-refractivity contribution in [2.24, 2.45) is 0 Å². The molecule has 0 N–H and O–H groups in total. The molecule has 0 saturated heterocycles. The number of hydrogen-bond acceptors (Lipinski definition) is 5. The summed E-state index contributed by atoms with van der Waals surface area (Å²) in [5.41, 5.74) is 8.50. The summed E-state index contributed by atoms with van der Waals surface area (Å²) in [5.74, 6) is 0. The summed E-state index contributed by atoms with van der Waals surface area (Å²) < 4.78 is 13.0. The van der Waals surface area contributed by atoms with Crippen molar-refractivity contribution in [1.29, 1.82) is 10.5 Å². The second-order valence-electron chi connectivity index (χ2n) is 10.4. The van der Waals surface area contributed by atoms with Gasteiger partial charge in [-0.1, -0.05) is 72.8 Å². The molecule has 0 atom stereocenters. The van der Waals surface area contributed by atoms with Crippen LogP contribution in [0.3, 0.4) is 0 Å². The number of anilines is 3. The average Bonchev–Trinajstić information content (AvgIpc) is 3.64. The number of hydrogen-bond donors (Lipinski definition) is 0. The zero-order valence-corrected chi connectivity index (χ0v) is 22.8. The highest BCUT2D eigenvalue weighted by atomic mass is 16.3. The van der Waals surface area contributed by atoms with Crippen molar-refractivity contribution in [2.45, 2.75) is 0 Å². The number of fused-ring (bicyclic) bond motifs is 6. The summed E-state index contributed by atoms with van der Waals surface area (Å²) in [4.78, 5) is 2.17. The largest absolute Gasteiger partial charge is 0.454 e. The predicted octanol–water partition coefficient (Wildman–Crippen LogP) is 10.4. The standard InChI is InChI=1S/C38H21N3O2/c39-22-24-19-25(23-40)21-27(20-24)26-15-17-28(18-16-26)41(33-11-5-9-31-29-7-1-3-13-35(29)42-37(31)33)34-12-6-10-32-30-8-2-4-14-36(30)43-38(32)34/h1-21H. The Kier molecular flexibility index (Phi) is 5.50. The van der Waals surface area contributed by atoms with Crippen LogP contribution in [0.15, 0.2) is 136 Å². The van der Waals surface area contributed by atoms with Crippen LogP contribution < -0.4 is 4.90 Å². The van der Waals surface area contributed by atoms with E-state index in [0.717, 1.165) is 72.1 Å². The van der Waals surface area contributed by atoms with Crippen molar-refractivity contribution in [1.82, 2.24) is 0 Å². The van der Waals surface area contributed by atoms with Crippen LogP contribution in [-0.4, -0.2) is 0 Å². The first-order valence-corrected chi connectivity index (χ1v) is 13.9. The van der Waals surface area contributed by atoms with Gasteiger partial charge in [-0.3, -0.25) is 0 Å². The summed E-state index contributed by atoms with van der Waals surface area (Å²) in [5, 5.41) is 23.2. The number of rotatable bonds is 4. The van der Waals surface area contributed by atoms with E-state index >= 15 is 0 Å². The number of para-hydroxylation sites is 4. The van der Waals surface area contributed by atoms with E-state index in [9.17, 15) is 10.5 Å². The molecule has 2 aromatic heterocycles. The maximum atomic E-state index is 9.49. The quantitative estimate of drug-likeness (QED) is 0.217. The smallest absolute Gasteiger partial charge is 0.159 e. The highest BCUT2D eigenvalue weighted by Gasteiger charge is 2.23. The molecule has 2 heterocycles. The maximum absolute atomic E-state index is 9.49. The fraction of sp³-hybridized carbons (Fsp3) is 0. The van der Waals surface area contributed by atoms with Gasteiger partial charge in [-0.2, -0.15) is 10.5 Å². The summed E-state index contributed by atoms with van der Waals surface area (Å²) in [6.45, 7) is 0. The maximum Gasteiger partial charge on any atom is 0.159 e. The first-order valence-electron chi connectivity index (χ1n) is 13.9. The van der Waals surface area contributed by atoms with Gasteiger partial charge in [0.1, 0.15) is 11.2 Å². The monoisotopic (exact) mass is 551 g/mol.